The second-order valence-electron chi connectivity index (χ2n) is 5.39. The van der Waals surface area contributed by atoms with Crippen LogP contribution in [0.2, 0.25) is 0 Å². The molecule has 0 spiro atoms. The highest BCUT2D eigenvalue weighted by Gasteiger charge is 2.03. The van der Waals surface area contributed by atoms with E-state index in [0.717, 1.165) is 6.42 Å². The molecule has 19 heavy (non-hydrogen) atoms. The molecule has 0 aliphatic heterocycles. The Morgan fingerprint density at radius 3 is 1.95 bits per heavy atom. The maximum absolute atomic E-state index is 10.0. The van der Waals surface area contributed by atoms with Gasteiger partial charge in [0, 0.05) is 6.04 Å². The summed E-state index contributed by atoms with van der Waals surface area (Å²) < 4.78 is 0. The Labute approximate surface area is 119 Å². The molecule has 0 aromatic carbocycles. The Balaban J connectivity index is 3.22. The van der Waals surface area contributed by atoms with Crippen molar-refractivity contribution in [3.8, 4) is 0 Å². The van der Waals surface area contributed by atoms with E-state index in [1.54, 1.807) is 6.08 Å². The summed E-state index contributed by atoms with van der Waals surface area (Å²) in [4.78, 5) is 13.7. The summed E-state index contributed by atoms with van der Waals surface area (Å²) in [5.41, 5.74) is 0. The number of hydrogen-bond acceptors (Lipinski definition) is 3. The molecule has 0 aromatic rings. The molecular formula is C16H32N2O. The normalized spacial score (nSPS) is 12.1. The molecule has 0 rings (SSSR count). The van der Waals surface area contributed by atoms with Crippen LogP contribution >= 0.6 is 0 Å². The van der Waals surface area contributed by atoms with Crippen LogP contribution in [0.3, 0.4) is 0 Å². The van der Waals surface area contributed by atoms with E-state index in [1.165, 1.54) is 64.2 Å². The molecule has 112 valence electrons. The van der Waals surface area contributed by atoms with Crippen LogP contribution in [0.1, 0.15) is 77.6 Å². The predicted molar refractivity (Wildman–Crippen MR) is 82.3 cm³/mol. The third-order valence-electron chi connectivity index (χ3n) is 3.69. The van der Waals surface area contributed by atoms with Crippen molar-refractivity contribution in [1.29, 1.82) is 0 Å². The van der Waals surface area contributed by atoms with Crippen LogP contribution < -0.4 is 5.32 Å². The fourth-order valence-electron chi connectivity index (χ4n) is 2.35. The summed E-state index contributed by atoms with van der Waals surface area (Å²) in [6, 6.07) is 0.343. The summed E-state index contributed by atoms with van der Waals surface area (Å²) in [5.74, 6) is 0. The molecule has 0 saturated carbocycles. The Morgan fingerprint density at radius 1 is 0.947 bits per heavy atom. The summed E-state index contributed by atoms with van der Waals surface area (Å²) in [6.45, 7) is 2.83. The monoisotopic (exact) mass is 268 g/mol. The van der Waals surface area contributed by atoms with Crippen LogP contribution in [-0.2, 0) is 4.79 Å². The van der Waals surface area contributed by atoms with Gasteiger partial charge in [0.2, 0.25) is 6.08 Å². The first-order valence-electron chi connectivity index (χ1n) is 8.06. The number of likely N-dealkylation sites (N-methyl/N-ethyl adjacent to an activating group) is 1. The summed E-state index contributed by atoms with van der Waals surface area (Å²) in [7, 11) is 1.93. The average Bonchev–Trinajstić information content (AvgIpc) is 2.44. The van der Waals surface area contributed by atoms with Gasteiger partial charge in [-0.3, -0.25) is 0 Å². The lowest BCUT2D eigenvalue weighted by Gasteiger charge is -2.12. The van der Waals surface area contributed by atoms with Crippen LogP contribution in [-0.4, -0.2) is 25.7 Å². The molecule has 0 fully saturated rings. The highest BCUT2D eigenvalue weighted by atomic mass is 16.1. The molecule has 3 nitrogen and oxygen atoms in total. The predicted octanol–water partition coefficient (Wildman–Crippen LogP) is 4.22. The number of unbranched alkanes of at least 4 members (excludes halogenated alkanes) is 9. The van der Waals surface area contributed by atoms with Gasteiger partial charge in [0.05, 0.1) is 6.54 Å². The van der Waals surface area contributed by atoms with Crippen molar-refractivity contribution in [2.24, 2.45) is 4.99 Å². The molecule has 1 N–H and O–H groups in total. The largest absolute Gasteiger partial charge is 0.315 e. The first-order chi connectivity index (χ1) is 9.35. The minimum absolute atomic E-state index is 0.343. The highest BCUT2D eigenvalue weighted by molar-refractivity contribution is 5.32. The second kappa shape index (κ2) is 15.4. The van der Waals surface area contributed by atoms with E-state index in [2.05, 4.69) is 17.2 Å². The lowest BCUT2D eigenvalue weighted by atomic mass is 10.0. The standard InChI is InChI=1S/C16H32N2O/c1-3-4-5-6-7-8-9-10-11-12-13-16(17-2)14-18-15-19/h16-17H,3-14H2,1-2H3. The van der Waals surface area contributed by atoms with Gasteiger partial charge in [0.25, 0.3) is 0 Å². The molecule has 0 aliphatic rings. The van der Waals surface area contributed by atoms with Gasteiger partial charge in [-0.05, 0) is 13.5 Å². The van der Waals surface area contributed by atoms with Gasteiger partial charge in [-0.25, -0.2) is 9.79 Å². The molecule has 0 bridgehead atoms. The zero-order valence-corrected chi connectivity index (χ0v) is 12.9. The number of rotatable bonds is 14. The number of aliphatic imine (C=N–C) groups is 1. The molecule has 0 aliphatic carbocycles. The van der Waals surface area contributed by atoms with Crippen molar-refractivity contribution >= 4 is 6.08 Å². The lowest BCUT2D eigenvalue weighted by Crippen LogP contribution is -2.28. The Morgan fingerprint density at radius 2 is 1.47 bits per heavy atom. The summed E-state index contributed by atoms with van der Waals surface area (Å²) in [6.07, 6.45) is 16.3. The van der Waals surface area contributed by atoms with E-state index in [4.69, 9.17) is 0 Å². The van der Waals surface area contributed by atoms with Crippen molar-refractivity contribution < 1.29 is 4.79 Å². The van der Waals surface area contributed by atoms with Crippen LogP contribution in [0.15, 0.2) is 4.99 Å². The van der Waals surface area contributed by atoms with Crippen molar-refractivity contribution in [3.63, 3.8) is 0 Å². The van der Waals surface area contributed by atoms with Gasteiger partial charge in [-0.15, -0.1) is 0 Å². The van der Waals surface area contributed by atoms with Crippen LogP contribution in [0, 0.1) is 0 Å². The van der Waals surface area contributed by atoms with Gasteiger partial charge in [-0.2, -0.15) is 0 Å². The molecule has 0 radical (unpaired) electrons. The lowest BCUT2D eigenvalue weighted by molar-refractivity contribution is 0.483. The van der Waals surface area contributed by atoms with Gasteiger partial charge in [0.15, 0.2) is 0 Å². The average molecular weight is 268 g/mol. The number of nitrogens with zero attached hydrogens (tertiary/aromatic N) is 1. The van der Waals surface area contributed by atoms with Crippen LogP contribution in [0.4, 0.5) is 0 Å². The van der Waals surface area contributed by atoms with Crippen LogP contribution in [0.25, 0.3) is 0 Å². The molecule has 1 atom stereocenters. The van der Waals surface area contributed by atoms with E-state index >= 15 is 0 Å². The van der Waals surface area contributed by atoms with Crippen molar-refractivity contribution in [2.45, 2.75) is 83.6 Å². The fraction of sp³-hybridized carbons (Fsp3) is 0.938. The Hall–Kier alpha value is -0.660. The minimum Gasteiger partial charge on any atom is -0.315 e. The SMILES string of the molecule is CCCCCCCCCCCCC(CN=C=O)NC. The van der Waals surface area contributed by atoms with Crippen molar-refractivity contribution in [1.82, 2.24) is 5.32 Å². The van der Waals surface area contributed by atoms with Gasteiger partial charge < -0.3 is 5.32 Å². The highest BCUT2D eigenvalue weighted by Crippen LogP contribution is 2.12. The van der Waals surface area contributed by atoms with Gasteiger partial charge in [0.1, 0.15) is 0 Å². The zero-order chi connectivity index (χ0) is 14.2. The molecule has 0 heterocycles. The van der Waals surface area contributed by atoms with E-state index in [1.807, 2.05) is 7.05 Å². The third-order valence-corrected chi connectivity index (χ3v) is 3.69. The van der Waals surface area contributed by atoms with Crippen molar-refractivity contribution in [3.05, 3.63) is 0 Å². The molecule has 0 amide bonds. The van der Waals surface area contributed by atoms with E-state index < -0.39 is 0 Å². The smallest absolute Gasteiger partial charge is 0.234 e. The Kier molecular flexibility index (Phi) is 14.9. The molecule has 3 heteroatoms. The minimum atomic E-state index is 0.343. The number of carbonyl (C=O) groups excluding carboxylic acids is 1. The molecular weight excluding hydrogens is 236 g/mol. The van der Waals surface area contributed by atoms with E-state index in [9.17, 15) is 4.79 Å². The first-order valence-corrected chi connectivity index (χ1v) is 8.06. The number of nitrogens with one attached hydrogen (secondary N) is 1. The summed E-state index contributed by atoms with van der Waals surface area (Å²) in [5, 5.41) is 3.19. The maximum Gasteiger partial charge on any atom is 0.234 e. The molecule has 0 aromatic heterocycles. The van der Waals surface area contributed by atoms with Gasteiger partial charge in [-0.1, -0.05) is 71.1 Å². The first kappa shape index (κ1) is 18.3. The quantitative estimate of drug-likeness (QED) is 0.291. The topological polar surface area (TPSA) is 41.5 Å². The van der Waals surface area contributed by atoms with E-state index in [0.29, 0.717) is 12.6 Å². The third kappa shape index (κ3) is 13.6. The maximum atomic E-state index is 10.0. The van der Waals surface area contributed by atoms with Crippen molar-refractivity contribution in [2.75, 3.05) is 13.6 Å². The molecule has 1 unspecified atom stereocenters. The number of isocyanates is 1. The molecule has 0 saturated heterocycles. The summed E-state index contributed by atoms with van der Waals surface area (Å²) >= 11 is 0. The zero-order valence-electron chi connectivity index (χ0n) is 12.9. The van der Waals surface area contributed by atoms with Gasteiger partial charge >= 0.3 is 0 Å². The Bertz CT molecular complexity index is 225. The van der Waals surface area contributed by atoms with Crippen LogP contribution in [0.5, 0.6) is 0 Å². The second-order valence-corrected chi connectivity index (χ2v) is 5.39. The van der Waals surface area contributed by atoms with E-state index in [-0.39, 0.29) is 0 Å². The fourth-order valence-corrected chi connectivity index (χ4v) is 2.35. The number of hydrogen-bond donors (Lipinski definition) is 1.